The Kier molecular flexibility index (Phi) is 8.88. The number of hydrogen-bond acceptors (Lipinski definition) is 4. The Labute approximate surface area is 226 Å². The molecule has 0 spiro atoms. The summed E-state index contributed by atoms with van der Waals surface area (Å²) < 4.78 is 97.6. The van der Waals surface area contributed by atoms with Crippen LogP contribution in [0, 0.1) is 40.8 Å². The smallest absolute Gasteiger partial charge is 0.314 e. The molecule has 1 aliphatic rings. The lowest BCUT2D eigenvalue weighted by molar-refractivity contribution is -0.139. The number of aliphatic hydroxyl groups is 1. The van der Waals surface area contributed by atoms with E-state index in [1.165, 1.54) is 12.1 Å². The molecule has 0 bridgehead atoms. The summed E-state index contributed by atoms with van der Waals surface area (Å²) in [6.45, 7) is 3.27. The highest BCUT2D eigenvalue weighted by atomic mass is 19.2. The minimum atomic E-state index is -1.40. The van der Waals surface area contributed by atoms with Gasteiger partial charge in [0.1, 0.15) is 0 Å². The molecule has 0 saturated carbocycles. The molecular weight excluding hydrogens is 538 g/mol. The second-order valence-corrected chi connectivity index (χ2v) is 9.29. The minimum Gasteiger partial charge on any atom is -0.491 e. The van der Waals surface area contributed by atoms with Crippen LogP contribution in [0.3, 0.4) is 0 Å². The van der Waals surface area contributed by atoms with Crippen molar-refractivity contribution in [2.24, 2.45) is 5.92 Å². The van der Waals surface area contributed by atoms with Crippen LogP contribution in [0.15, 0.2) is 42.5 Å². The summed E-state index contributed by atoms with van der Waals surface area (Å²) in [5.74, 6) is -10.6. The Morgan fingerprint density at radius 2 is 1.40 bits per heavy atom. The highest BCUT2D eigenvalue weighted by molar-refractivity contribution is 5.78. The predicted molar refractivity (Wildman–Crippen MR) is 135 cm³/mol. The number of carbonyl (C=O) groups is 1. The van der Waals surface area contributed by atoms with Crippen molar-refractivity contribution < 1.29 is 45.7 Å². The maximum Gasteiger partial charge on any atom is 0.314 e. The zero-order valence-electron chi connectivity index (χ0n) is 21.7. The zero-order valence-corrected chi connectivity index (χ0v) is 21.7. The third-order valence-corrected chi connectivity index (χ3v) is 6.84. The highest BCUT2D eigenvalue weighted by Gasteiger charge is 2.28. The van der Waals surface area contributed by atoms with E-state index in [0.29, 0.717) is 5.57 Å². The molecule has 0 radical (unpaired) electrons. The number of ether oxygens (including phenoxy) is 2. The van der Waals surface area contributed by atoms with Crippen molar-refractivity contribution in [3.63, 3.8) is 0 Å². The maximum absolute atomic E-state index is 15.1. The minimum absolute atomic E-state index is 0.0619. The number of carbonyl (C=O) groups excluding carboxylic acids is 1. The van der Waals surface area contributed by atoms with Crippen LogP contribution in [-0.4, -0.2) is 17.7 Å². The molecule has 4 nitrogen and oxygen atoms in total. The van der Waals surface area contributed by atoms with Crippen LogP contribution in [0.25, 0.3) is 16.7 Å². The molecule has 212 valence electrons. The quantitative estimate of drug-likeness (QED) is 0.172. The van der Waals surface area contributed by atoms with Crippen LogP contribution in [0.4, 0.5) is 26.3 Å². The van der Waals surface area contributed by atoms with Gasteiger partial charge in [0.2, 0.25) is 11.6 Å². The Morgan fingerprint density at radius 3 is 2.02 bits per heavy atom. The maximum atomic E-state index is 15.1. The summed E-state index contributed by atoms with van der Waals surface area (Å²) in [5, 5.41) is 9.78. The Bertz CT molecular complexity index is 1470. The van der Waals surface area contributed by atoms with E-state index in [9.17, 15) is 27.5 Å². The van der Waals surface area contributed by atoms with Crippen LogP contribution < -0.4 is 9.47 Å². The molecule has 3 aromatic carbocycles. The lowest BCUT2D eigenvalue weighted by atomic mass is 9.86. The van der Waals surface area contributed by atoms with Gasteiger partial charge >= 0.3 is 5.97 Å². The topological polar surface area (TPSA) is 55.8 Å². The molecule has 10 heteroatoms. The first-order valence-electron chi connectivity index (χ1n) is 12.7. The highest BCUT2D eigenvalue weighted by Crippen LogP contribution is 2.38. The van der Waals surface area contributed by atoms with Crippen LogP contribution >= 0.6 is 0 Å². The third-order valence-electron chi connectivity index (χ3n) is 6.84. The van der Waals surface area contributed by atoms with Crippen molar-refractivity contribution in [1.29, 1.82) is 0 Å². The largest absolute Gasteiger partial charge is 0.491 e. The molecule has 40 heavy (non-hydrogen) atoms. The Hall–Kier alpha value is -3.79. The number of aliphatic hydroxyl groups excluding tert-OH is 1. The van der Waals surface area contributed by atoms with Crippen molar-refractivity contribution in [2.75, 3.05) is 6.61 Å². The molecule has 0 aromatic heterocycles. The summed E-state index contributed by atoms with van der Waals surface area (Å²) in [5.41, 5.74) is -0.894. The van der Waals surface area contributed by atoms with Gasteiger partial charge in [0.25, 0.3) is 0 Å². The SMILES string of the molecule is CCOc1ccc(-c2ccc(C3=CCC(C(=O)Oc4ccc(C(O)CC)c(F)c4F)CC3)c(F)c2F)c(F)c1F. The molecule has 0 amide bonds. The summed E-state index contributed by atoms with van der Waals surface area (Å²) in [4.78, 5) is 12.6. The van der Waals surface area contributed by atoms with Gasteiger partial charge in [0.15, 0.2) is 34.8 Å². The van der Waals surface area contributed by atoms with E-state index < -0.39 is 69.8 Å². The number of esters is 1. The molecule has 1 N–H and O–H groups in total. The van der Waals surface area contributed by atoms with E-state index in [1.54, 1.807) is 13.8 Å². The molecule has 0 aliphatic heterocycles. The fraction of sp³-hybridized carbons (Fsp3) is 0.300. The molecule has 0 saturated heterocycles. The standard InChI is InChI=1S/C30H26F6O4/c1-3-21(37)20-12-14-23(29(36)27(20)34)40-30(38)16-7-5-15(6-8-16)17-9-10-18(25(32)24(17)31)19-11-13-22(39-4-2)28(35)26(19)33/h5,9-14,16,21,37H,3-4,6-8H2,1-2H3. The predicted octanol–water partition coefficient (Wildman–Crippen LogP) is 7.82. The van der Waals surface area contributed by atoms with Gasteiger partial charge in [-0.3, -0.25) is 4.79 Å². The number of benzene rings is 3. The second-order valence-electron chi connectivity index (χ2n) is 9.29. The van der Waals surface area contributed by atoms with Crippen molar-refractivity contribution in [1.82, 2.24) is 0 Å². The number of halogens is 6. The van der Waals surface area contributed by atoms with Gasteiger partial charge in [0.05, 0.1) is 18.6 Å². The van der Waals surface area contributed by atoms with Crippen molar-refractivity contribution in [2.45, 2.75) is 45.6 Å². The molecule has 2 unspecified atom stereocenters. The lowest BCUT2D eigenvalue weighted by Crippen LogP contribution is -2.23. The summed E-state index contributed by atoms with van der Waals surface area (Å²) >= 11 is 0. The molecule has 2 atom stereocenters. The zero-order chi connectivity index (χ0) is 29.1. The first kappa shape index (κ1) is 29.2. The first-order chi connectivity index (χ1) is 19.1. The van der Waals surface area contributed by atoms with E-state index >= 15 is 8.78 Å². The Morgan fingerprint density at radius 1 is 0.825 bits per heavy atom. The van der Waals surface area contributed by atoms with Gasteiger partial charge in [-0.15, -0.1) is 0 Å². The van der Waals surface area contributed by atoms with Gasteiger partial charge in [-0.25, -0.2) is 17.6 Å². The van der Waals surface area contributed by atoms with Crippen LogP contribution in [0.5, 0.6) is 11.5 Å². The molecule has 4 rings (SSSR count). The van der Waals surface area contributed by atoms with Crippen molar-refractivity contribution >= 4 is 11.5 Å². The molecular formula is C30H26F6O4. The van der Waals surface area contributed by atoms with E-state index in [4.69, 9.17) is 9.47 Å². The van der Waals surface area contributed by atoms with Gasteiger partial charge < -0.3 is 14.6 Å². The monoisotopic (exact) mass is 564 g/mol. The molecule has 3 aromatic rings. The van der Waals surface area contributed by atoms with E-state index in [0.717, 1.165) is 30.3 Å². The van der Waals surface area contributed by atoms with Gasteiger partial charge in [-0.05, 0) is 62.4 Å². The first-order valence-corrected chi connectivity index (χ1v) is 12.7. The summed E-state index contributed by atoms with van der Waals surface area (Å²) in [6, 6.07) is 6.83. The van der Waals surface area contributed by atoms with Crippen LogP contribution in [0.2, 0.25) is 0 Å². The molecule has 1 aliphatic carbocycles. The van der Waals surface area contributed by atoms with Crippen molar-refractivity contribution in [3.8, 4) is 22.6 Å². The van der Waals surface area contributed by atoms with Gasteiger partial charge in [0, 0.05) is 22.3 Å². The van der Waals surface area contributed by atoms with Gasteiger partial charge in [-0.2, -0.15) is 8.78 Å². The van der Waals surface area contributed by atoms with Gasteiger partial charge in [-0.1, -0.05) is 25.1 Å². The van der Waals surface area contributed by atoms with E-state index in [2.05, 4.69) is 0 Å². The fourth-order valence-electron chi connectivity index (χ4n) is 4.60. The molecule has 0 heterocycles. The Balaban J connectivity index is 1.50. The number of hydrogen-bond donors (Lipinski definition) is 1. The molecule has 0 fully saturated rings. The normalized spacial score (nSPS) is 15.9. The second kappa shape index (κ2) is 12.2. The van der Waals surface area contributed by atoms with E-state index in [1.807, 2.05) is 0 Å². The fourth-order valence-corrected chi connectivity index (χ4v) is 4.60. The van der Waals surface area contributed by atoms with Crippen molar-refractivity contribution in [3.05, 3.63) is 88.5 Å². The number of rotatable bonds is 8. The van der Waals surface area contributed by atoms with E-state index in [-0.39, 0.29) is 49.2 Å². The average Bonchev–Trinajstić information content (AvgIpc) is 2.95. The summed E-state index contributed by atoms with van der Waals surface area (Å²) in [7, 11) is 0. The number of allylic oxidation sites excluding steroid dienone is 2. The third kappa shape index (κ3) is 5.58. The average molecular weight is 565 g/mol. The van der Waals surface area contributed by atoms with Crippen LogP contribution in [-0.2, 0) is 4.79 Å². The van der Waals surface area contributed by atoms with Crippen LogP contribution in [0.1, 0.15) is 56.8 Å². The summed E-state index contributed by atoms with van der Waals surface area (Å²) in [6.07, 6.45) is 0.828. The lowest BCUT2D eigenvalue weighted by Gasteiger charge is -2.22.